The Balaban J connectivity index is 3.97. The second-order valence-corrected chi connectivity index (χ2v) is 2.38. The van der Waals surface area contributed by atoms with Gasteiger partial charge in [-0.25, -0.2) is 8.78 Å². The second kappa shape index (κ2) is 5.28. The van der Waals surface area contributed by atoms with Gasteiger partial charge in [0, 0.05) is 0 Å². The molecule has 76 valence electrons. The van der Waals surface area contributed by atoms with E-state index in [1.54, 1.807) is 0 Å². The third-order valence-electron chi connectivity index (χ3n) is 1.38. The van der Waals surface area contributed by atoms with E-state index in [9.17, 15) is 13.6 Å². The first-order valence-corrected chi connectivity index (χ1v) is 3.52. The lowest BCUT2D eigenvalue weighted by molar-refractivity contribution is -0.123. The quantitative estimate of drug-likeness (QED) is 0.250. The van der Waals surface area contributed by atoms with E-state index in [0.717, 1.165) is 0 Å². The van der Waals surface area contributed by atoms with Gasteiger partial charge in [-0.15, -0.1) is 0 Å². The second-order valence-electron chi connectivity index (χ2n) is 2.38. The van der Waals surface area contributed by atoms with Crippen LogP contribution in [-0.4, -0.2) is 29.9 Å². The van der Waals surface area contributed by atoms with Crippen LogP contribution < -0.4 is 11.1 Å². The monoisotopic (exact) mass is 195 g/mol. The lowest BCUT2D eigenvalue weighted by Gasteiger charge is -2.09. The summed E-state index contributed by atoms with van der Waals surface area (Å²) >= 11 is 0. The molecule has 5 nitrogen and oxygen atoms in total. The molecule has 0 fully saturated rings. The van der Waals surface area contributed by atoms with Crippen molar-refractivity contribution in [2.24, 2.45) is 16.8 Å². The van der Waals surface area contributed by atoms with E-state index in [0.29, 0.717) is 0 Å². The molecule has 0 aromatic carbocycles. The van der Waals surface area contributed by atoms with Crippen LogP contribution in [0, 0.1) is 5.92 Å². The number of alkyl halides is 2. The smallest absolute Gasteiger partial charge is 0.255 e. The topological polar surface area (TPSA) is 87.7 Å². The van der Waals surface area contributed by atoms with Crippen molar-refractivity contribution in [1.29, 1.82) is 0 Å². The minimum absolute atomic E-state index is 0.313. The molecule has 0 radical (unpaired) electrons. The van der Waals surface area contributed by atoms with Crippen molar-refractivity contribution in [3.05, 3.63) is 0 Å². The Morgan fingerprint density at radius 3 is 2.62 bits per heavy atom. The number of carbonyl (C=O) groups excluding carboxylic acids is 1. The standard InChI is InChI=1S/C6H11F2N3O2/c1-3(5(9)11-13)6(12)10-2-4(7)8/h3-4,13H,2H2,1H3,(H2,9,11)(H,10,12). The number of nitrogens with zero attached hydrogens (tertiary/aromatic N) is 1. The molecule has 0 rings (SSSR count). The molecule has 0 saturated carbocycles. The number of amides is 1. The first-order valence-electron chi connectivity index (χ1n) is 3.52. The number of carbonyl (C=O) groups is 1. The predicted molar refractivity (Wildman–Crippen MR) is 41.6 cm³/mol. The lowest BCUT2D eigenvalue weighted by atomic mass is 10.1. The van der Waals surface area contributed by atoms with Crippen molar-refractivity contribution in [2.45, 2.75) is 13.3 Å². The number of hydrogen-bond donors (Lipinski definition) is 3. The number of halogens is 2. The molecule has 13 heavy (non-hydrogen) atoms. The summed E-state index contributed by atoms with van der Waals surface area (Å²) in [5.74, 6) is -1.92. The molecule has 0 aliphatic heterocycles. The summed E-state index contributed by atoms with van der Waals surface area (Å²) in [4.78, 5) is 10.9. The fourth-order valence-corrected chi connectivity index (χ4v) is 0.552. The molecule has 0 aromatic heterocycles. The first-order chi connectivity index (χ1) is 5.99. The van der Waals surface area contributed by atoms with Gasteiger partial charge in [-0.05, 0) is 6.92 Å². The van der Waals surface area contributed by atoms with Crippen LogP contribution in [0.2, 0.25) is 0 Å². The number of nitrogens with two attached hydrogens (primary N) is 1. The van der Waals surface area contributed by atoms with Crippen molar-refractivity contribution in [1.82, 2.24) is 5.32 Å². The maximum atomic E-state index is 11.6. The third-order valence-corrected chi connectivity index (χ3v) is 1.38. The highest BCUT2D eigenvalue weighted by atomic mass is 19.3. The molecule has 1 unspecified atom stereocenters. The van der Waals surface area contributed by atoms with Crippen LogP contribution in [0.15, 0.2) is 5.16 Å². The number of rotatable bonds is 4. The number of oxime groups is 1. The zero-order valence-corrected chi connectivity index (χ0v) is 7.00. The van der Waals surface area contributed by atoms with Gasteiger partial charge in [-0.3, -0.25) is 4.79 Å². The van der Waals surface area contributed by atoms with E-state index < -0.39 is 24.8 Å². The summed E-state index contributed by atoms with van der Waals surface area (Å²) in [5.41, 5.74) is 5.08. The van der Waals surface area contributed by atoms with Crippen LogP contribution in [-0.2, 0) is 4.79 Å². The minimum Gasteiger partial charge on any atom is -0.409 e. The van der Waals surface area contributed by atoms with Crippen LogP contribution in [0.25, 0.3) is 0 Å². The molecule has 0 heterocycles. The van der Waals surface area contributed by atoms with Crippen molar-refractivity contribution in [3.63, 3.8) is 0 Å². The lowest BCUT2D eigenvalue weighted by Crippen LogP contribution is -2.39. The van der Waals surface area contributed by atoms with Gasteiger partial charge in [0.2, 0.25) is 5.91 Å². The normalized spacial score (nSPS) is 14.3. The maximum absolute atomic E-state index is 11.6. The van der Waals surface area contributed by atoms with Gasteiger partial charge < -0.3 is 16.3 Å². The molecule has 1 atom stereocenters. The molecule has 4 N–H and O–H groups in total. The summed E-state index contributed by atoms with van der Waals surface area (Å²) in [7, 11) is 0. The number of amidine groups is 1. The largest absolute Gasteiger partial charge is 0.409 e. The Kier molecular flexibility index (Phi) is 4.71. The Morgan fingerprint density at radius 2 is 2.23 bits per heavy atom. The van der Waals surface area contributed by atoms with E-state index in [4.69, 9.17) is 10.9 Å². The van der Waals surface area contributed by atoms with E-state index in [1.807, 2.05) is 5.32 Å². The molecule has 1 amide bonds. The van der Waals surface area contributed by atoms with Crippen LogP contribution in [0.5, 0.6) is 0 Å². The maximum Gasteiger partial charge on any atom is 0.255 e. The van der Waals surface area contributed by atoms with Crippen LogP contribution in [0.1, 0.15) is 6.92 Å². The van der Waals surface area contributed by atoms with Crippen LogP contribution in [0.3, 0.4) is 0 Å². The molecule has 0 aliphatic rings. The molecule has 0 saturated heterocycles. The molecule has 7 heteroatoms. The van der Waals surface area contributed by atoms with Crippen molar-refractivity contribution < 1.29 is 18.8 Å². The third kappa shape index (κ3) is 4.24. The van der Waals surface area contributed by atoms with E-state index >= 15 is 0 Å². The van der Waals surface area contributed by atoms with Gasteiger partial charge in [0.25, 0.3) is 6.43 Å². The molecule has 0 bridgehead atoms. The summed E-state index contributed by atoms with van der Waals surface area (Å²) < 4.78 is 23.2. The van der Waals surface area contributed by atoms with Gasteiger partial charge in [-0.2, -0.15) is 0 Å². The predicted octanol–water partition coefficient (Wildman–Crippen LogP) is -0.250. The van der Waals surface area contributed by atoms with Crippen molar-refractivity contribution in [2.75, 3.05) is 6.54 Å². The summed E-state index contributed by atoms with van der Waals surface area (Å²) in [6.07, 6.45) is -2.61. The fraction of sp³-hybridized carbons (Fsp3) is 0.667. The minimum atomic E-state index is -2.61. The Labute approximate surface area is 73.6 Å². The van der Waals surface area contributed by atoms with Gasteiger partial charge >= 0.3 is 0 Å². The average Bonchev–Trinajstić information content (AvgIpc) is 2.11. The number of hydrogen-bond acceptors (Lipinski definition) is 3. The molecular weight excluding hydrogens is 184 g/mol. The summed E-state index contributed by atoms with van der Waals surface area (Å²) in [6.45, 7) is 0.609. The first kappa shape index (κ1) is 11.6. The number of nitrogens with one attached hydrogen (secondary N) is 1. The summed E-state index contributed by atoms with van der Waals surface area (Å²) in [5, 5.41) is 12.7. The highest BCUT2D eigenvalue weighted by Gasteiger charge is 2.18. The van der Waals surface area contributed by atoms with Crippen LogP contribution >= 0.6 is 0 Å². The molecular formula is C6H11F2N3O2. The van der Waals surface area contributed by atoms with Gasteiger partial charge in [0.05, 0.1) is 12.5 Å². The van der Waals surface area contributed by atoms with Gasteiger partial charge in [-0.1, -0.05) is 5.16 Å². The van der Waals surface area contributed by atoms with E-state index in [2.05, 4.69) is 5.16 Å². The Hall–Kier alpha value is -1.40. The highest BCUT2D eigenvalue weighted by Crippen LogP contribution is 1.95. The van der Waals surface area contributed by atoms with Crippen molar-refractivity contribution >= 4 is 11.7 Å². The average molecular weight is 195 g/mol. The van der Waals surface area contributed by atoms with E-state index in [1.165, 1.54) is 6.92 Å². The van der Waals surface area contributed by atoms with Gasteiger partial charge in [0.1, 0.15) is 0 Å². The highest BCUT2D eigenvalue weighted by molar-refractivity contribution is 6.01. The molecule has 0 aromatic rings. The molecule has 0 spiro atoms. The molecule has 0 aliphatic carbocycles. The SMILES string of the molecule is CC(C(=O)NCC(F)F)C(N)=NO. The van der Waals surface area contributed by atoms with E-state index in [-0.39, 0.29) is 5.84 Å². The zero-order chi connectivity index (χ0) is 10.4. The summed E-state index contributed by atoms with van der Waals surface area (Å²) in [6, 6.07) is 0. The fourth-order valence-electron chi connectivity index (χ4n) is 0.552. The van der Waals surface area contributed by atoms with Gasteiger partial charge in [0.15, 0.2) is 5.84 Å². The Bertz CT molecular complexity index is 208. The van der Waals surface area contributed by atoms with Crippen LogP contribution in [0.4, 0.5) is 8.78 Å². The van der Waals surface area contributed by atoms with Crippen molar-refractivity contribution in [3.8, 4) is 0 Å². The zero-order valence-electron chi connectivity index (χ0n) is 7.00. The Morgan fingerprint density at radius 1 is 1.69 bits per heavy atom.